The lowest BCUT2D eigenvalue weighted by Crippen LogP contribution is -3.11. The molecule has 3 aromatic rings. The summed E-state index contributed by atoms with van der Waals surface area (Å²) in [6.45, 7) is 4.02. The van der Waals surface area contributed by atoms with Crippen molar-refractivity contribution < 1.29 is 4.90 Å². The SMILES string of the molecule is C[C@@H]1c2ccsc2CC[NH+]1Cc1nc2cc(Cl)ccc2c(=O)[nH]1. The first-order valence-corrected chi connectivity index (χ1v) is 8.97. The highest BCUT2D eigenvalue weighted by Gasteiger charge is 2.28. The second-order valence-corrected chi connectivity index (χ2v) is 7.47. The number of aromatic nitrogens is 2. The Morgan fingerprint density at radius 1 is 1.43 bits per heavy atom. The van der Waals surface area contributed by atoms with Crippen molar-refractivity contribution in [3.05, 3.63) is 61.3 Å². The third kappa shape index (κ3) is 2.69. The highest BCUT2D eigenvalue weighted by atomic mass is 35.5. The third-order valence-electron chi connectivity index (χ3n) is 4.64. The molecule has 0 spiro atoms. The van der Waals surface area contributed by atoms with Crippen LogP contribution >= 0.6 is 22.9 Å². The summed E-state index contributed by atoms with van der Waals surface area (Å²) in [6, 6.07) is 7.84. The Labute approximate surface area is 142 Å². The van der Waals surface area contributed by atoms with Crippen LogP contribution in [-0.2, 0) is 13.0 Å². The van der Waals surface area contributed by atoms with Gasteiger partial charge in [-0.05, 0) is 36.6 Å². The van der Waals surface area contributed by atoms with E-state index in [1.165, 1.54) is 15.3 Å². The smallest absolute Gasteiger partial charge is 0.258 e. The number of fused-ring (bicyclic) bond motifs is 2. The van der Waals surface area contributed by atoms with E-state index in [9.17, 15) is 4.79 Å². The Bertz CT molecular complexity index is 933. The molecule has 118 valence electrons. The number of nitrogens with one attached hydrogen (secondary N) is 2. The summed E-state index contributed by atoms with van der Waals surface area (Å²) in [5, 5.41) is 3.35. The zero-order chi connectivity index (χ0) is 16.0. The Kier molecular flexibility index (Phi) is 3.71. The molecule has 0 fully saturated rings. The molecule has 6 heteroatoms. The van der Waals surface area contributed by atoms with E-state index in [4.69, 9.17) is 11.6 Å². The largest absolute Gasteiger partial charge is 0.322 e. The van der Waals surface area contributed by atoms with Gasteiger partial charge in [0, 0.05) is 21.9 Å². The number of thiophene rings is 1. The Morgan fingerprint density at radius 2 is 2.30 bits per heavy atom. The van der Waals surface area contributed by atoms with E-state index in [-0.39, 0.29) is 5.56 Å². The lowest BCUT2D eigenvalue weighted by molar-refractivity contribution is -0.945. The molecular weight excluding hydrogens is 330 g/mol. The number of aromatic amines is 1. The molecule has 2 aromatic heterocycles. The van der Waals surface area contributed by atoms with Crippen LogP contribution in [0.25, 0.3) is 10.9 Å². The summed E-state index contributed by atoms with van der Waals surface area (Å²) in [5.74, 6) is 0.727. The molecule has 23 heavy (non-hydrogen) atoms. The van der Waals surface area contributed by atoms with Crippen LogP contribution in [0, 0.1) is 0 Å². The van der Waals surface area contributed by atoms with Crippen LogP contribution in [-0.4, -0.2) is 16.5 Å². The Morgan fingerprint density at radius 3 is 3.17 bits per heavy atom. The minimum absolute atomic E-state index is 0.0954. The number of H-pyrrole nitrogens is 1. The highest BCUT2D eigenvalue weighted by molar-refractivity contribution is 7.10. The number of rotatable bonds is 2. The van der Waals surface area contributed by atoms with E-state index in [0.29, 0.717) is 28.5 Å². The zero-order valence-corrected chi connectivity index (χ0v) is 14.3. The van der Waals surface area contributed by atoms with E-state index in [1.807, 2.05) is 11.3 Å². The van der Waals surface area contributed by atoms with Crippen molar-refractivity contribution in [2.75, 3.05) is 6.54 Å². The van der Waals surface area contributed by atoms with Crippen LogP contribution in [0.15, 0.2) is 34.4 Å². The maximum atomic E-state index is 12.2. The summed E-state index contributed by atoms with van der Waals surface area (Å²) in [7, 11) is 0. The van der Waals surface area contributed by atoms with Gasteiger partial charge in [0.25, 0.3) is 5.56 Å². The molecule has 1 unspecified atom stereocenters. The van der Waals surface area contributed by atoms with Gasteiger partial charge < -0.3 is 9.88 Å². The summed E-state index contributed by atoms with van der Waals surface area (Å²) in [6.07, 6.45) is 1.09. The molecule has 0 saturated heterocycles. The first-order valence-electron chi connectivity index (χ1n) is 7.71. The standard InChI is InChI=1S/C17H16ClN3OS/c1-10-12-5-7-23-15(12)4-6-21(10)9-16-19-14-8-11(18)2-3-13(14)17(22)20-16/h2-3,5,7-8,10H,4,6,9H2,1H3,(H,19,20,22)/p+1/t10-/m1/s1. The highest BCUT2D eigenvalue weighted by Crippen LogP contribution is 2.24. The molecule has 0 saturated carbocycles. The van der Waals surface area contributed by atoms with Crippen LogP contribution in [0.1, 0.15) is 29.2 Å². The van der Waals surface area contributed by atoms with Crippen molar-refractivity contribution in [2.45, 2.75) is 25.9 Å². The maximum Gasteiger partial charge on any atom is 0.258 e. The molecule has 2 atom stereocenters. The van der Waals surface area contributed by atoms with Crippen LogP contribution in [0.3, 0.4) is 0 Å². The predicted molar refractivity (Wildman–Crippen MR) is 93.3 cm³/mol. The van der Waals surface area contributed by atoms with E-state index in [0.717, 1.165) is 18.8 Å². The summed E-state index contributed by atoms with van der Waals surface area (Å²) < 4.78 is 0. The fourth-order valence-corrected chi connectivity index (χ4v) is 4.50. The van der Waals surface area contributed by atoms with Gasteiger partial charge in [0.05, 0.1) is 17.4 Å². The van der Waals surface area contributed by atoms with Gasteiger partial charge in [0.1, 0.15) is 12.6 Å². The predicted octanol–water partition coefficient (Wildman–Crippen LogP) is 2.34. The average molecular weight is 347 g/mol. The fourth-order valence-electron chi connectivity index (χ4n) is 3.35. The average Bonchev–Trinajstić information content (AvgIpc) is 2.99. The summed E-state index contributed by atoms with van der Waals surface area (Å²) >= 11 is 7.87. The number of benzene rings is 1. The van der Waals surface area contributed by atoms with Crippen molar-refractivity contribution in [2.24, 2.45) is 0 Å². The normalized spacial score (nSPS) is 20.6. The van der Waals surface area contributed by atoms with Gasteiger partial charge in [-0.2, -0.15) is 0 Å². The Hall–Kier alpha value is -1.69. The molecule has 0 amide bonds. The molecule has 4 rings (SSSR count). The van der Waals surface area contributed by atoms with Crippen LogP contribution in [0.5, 0.6) is 0 Å². The maximum absolute atomic E-state index is 12.2. The number of nitrogens with zero attached hydrogens (tertiary/aromatic N) is 1. The van der Waals surface area contributed by atoms with Crippen molar-refractivity contribution in [1.82, 2.24) is 9.97 Å². The third-order valence-corrected chi connectivity index (χ3v) is 5.88. The number of halogens is 1. The molecule has 1 aliphatic heterocycles. The first kappa shape index (κ1) is 14.9. The molecule has 4 nitrogen and oxygen atoms in total. The molecule has 1 aliphatic rings. The van der Waals surface area contributed by atoms with Crippen LogP contribution in [0.4, 0.5) is 0 Å². The Balaban J connectivity index is 1.67. The van der Waals surface area contributed by atoms with Gasteiger partial charge >= 0.3 is 0 Å². The van der Waals surface area contributed by atoms with E-state index < -0.39 is 0 Å². The van der Waals surface area contributed by atoms with Crippen LogP contribution in [0.2, 0.25) is 5.02 Å². The topological polar surface area (TPSA) is 50.2 Å². The van der Waals surface area contributed by atoms with Crippen LogP contribution < -0.4 is 10.5 Å². The van der Waals surface area contributed by atoms with Gasteiger partial charge in [-0.25, -0.2) is 4.98 Å². The van der Waals surface area contributed by atoms with Gasteiger partial charge in [0.2, 0.25) is 0 Å². The molecule has 2 N–H and O–H groups in total. The summed E-state index contributed by atoms with van der Waals surface area (Å²) in [4.78, 5) is 22.7. The van der Waals surface area contributed by atoms with E-state index in [1.54, 1.807) is 18.2 Å². The first-order chi connectivity index (χ1) is 11.1. The van der Waals surface area contributed by atoms with Gasteiger partial charge in [-0.15, -0.1) is 11.3 Å². The lowest BCUT2D eigenvalue weighted by Gasteiger charge is -2.30. The fraction of sp³-hybridized carbons (Fsp3) is 0.294. The van der Waals surface area contributed by atoms with Crippen molar-refractivity contribution in [1.29, 1.82) is 0 Å². The number of hydrogen-bond donors (Lipinski definition) is 2. The molecule has 0 aliphatic carbocycles. The minimum atomic E-state index is -0.0954. The van der Waals surface area contributed by atoms with Crippen molar-refractivity contribution in [3.63, 3.8) is 0 Å². The van der Waals surface area contributed by atoms with Gasteiger partial charge in [-0.3, -0.25) is 4.79 Å². The van der Waals surface area contributed by atoms with Gasteiger partial charge in [-0.1, -0.05) is 11.6 Å². The second kappa shape index (κ2) is 5.74. The molecule has 3 heterocycles. The van der Waals surface area contributed by atoms with Crippen molar-refractivity contribution >= 4 is 33.8 Å². The zero-order valence-electron chi connectivity index (χ0n) is 12.7. The molecular formula is C17H17ClN3OS+. The van der Waals surface area contributed by atoms with E-state index in [2.05, 4.69) is 28.3 Å². The molecule has 1 aromatic carbocycles. The quantitative estimate of drug-likeness (QED) is 0.748. The van der Waals surface area contributed by atoms with Gasteiger partial charge in [0.15, 0.2) is 5.82 Å². The molecule has 0 radical (unpaired) electrons. The second-order valence-electron chi connectivity index (χ2n) is 6.03. The lowest BCUT2D eigenvalue weighted by atomic mass is 10.0. The van der Waals surface area contributed by atoms with Crippen molar-refractivity contribution in [3.8, 4) is 0 Å². The monoisotopic (exact) mass is 346 g/mol. The summed E-state index contributed by atoms with van der Waals surface area (Å²) in [5.41, 5.74) is 2.00. The number of hydrogen-bond acceptors (Lipinski definition) is 3. The number of quaternary nitrogens is 1. The molecule has 0 bridgehead atoms. The minimum Gasteiger partial charge on any atom is -0.322 e. The van der Waals surface area contributed by atoms with E-state index >= 15 is 0 Å².